The number of fused-ring (bicyclic) bond motifs is 1. The summed E-state index contributed by atoms with van der Waals surface area (Å²) in [4.78, 5) is 7.10. The van der Waals surface area contributed by atoms with Gasteiger partial charge in [-0.05, 0) is 29.7 Å². The van der Waals surface area contributed by atoms with Crippen molar-refractivity contribution in [1.82, 2.24) is 4.98 Å². The lowest BCUT2D eigenvalue weighted by Crippen LogP contribution is -2.36. The molecule has 1 heterocycles. The standard InChI is InChI=1S/C18H23ClN2/c1-13-6-5-7-15(10-13)21(2)18-17-9-4-3-8-16(17)14(11-19)12-20-18/h3-4,8-9,12-13,15H,5-7,10-11H2,1-2H3. The zero-order valence-electron chi connectivity index (χ0n) is 12.8. The fraction of sp³-hybridized carbons (Fsp3) is 0.500. The molecule has 2 nitrogen and oxygen atoms in total. The van der Waals surface area contributed by atoms with Crippen molar-refractivity contribution in [3.05, 3.63) is 36.0 Å². The van der Waals surface area contributed by atoms with E-state index in [1.807, 2.05) is 6.20 Å². The number of alkyl halides is 1. The molecule has 0 aliphatic heterocycles. The molecule has 3 rings (SSSR count). The van der Waals surface area contributed by atoms with E-state index >= 15 is 0 Å². The molecule has 1 aromatic heterocycles. The molecule has 1 aliphatic carbocycles. The highest BCUT2D eigenvalue weighted by atomic mass is 35.5. The smallest absolute Gasteiger partial charge is 0.136 e. The van der Waals surface area contributed by atoms with Crippen LogP contribution in [-0.4, -0.2) is 18.1 Å². The Morgan fingerprint density at radius 3 is 2.71 bits per heavy atom. The average molecular weight is 303 g/mol. The van der Waals surface area contributed by atoms with Crippen molar-refractivity contribution in [3.63, 3.8) is 0 Å². The van der Waals surface area contributed by atoms with Gasteiger partial charge in [-0.3, -0.25) is 0 Å². The van der Waals surface area contributed by atoms with Crippen LogP contribution in [0.4, 0.5) is 5.82 Å². The maximum Gasteiger partial charge on any atom is 0.136 e. The molecule has 0 N–H and O–H groups in total. The fourth-order valence-corrected chi connectivity index (χ4v) is 3.76. The molecule has 112 valence electrons. The summed E-state index contributed by atoms with van der Waals surface area (Å²) in [5, 5.41) is 2.45. The summed E-state index contributed by atoms with van der Waals surface area (Å²) in [6.07, 6.45) is 7.17. The van der Waals surface area contributed by atoms with E-state index in [2.05, 4.69) is 43.1 Å². The molecule has 21 heavy (non-hydrogen) atoms. The number of benzene rings is 1. The first kappa shape index (κ1) is 14.6. The van der Waals surface area contributed by atoms with E-state index in [0.29, 0.717) is 11.9 Å². The maximum atomic E-state index is 6.05. The predicted molar refractivity (Wildman–Crippen MR) is 91.1 cm³/mol. The molecule has 1 aliphatic rings. The van der Waals surface area contributed by atoms with Crippen LogP contribution in [0.25, 0.3) is 10.8 Å². The first-order chi connectivity index (χ1) is 10.2. The van der Waals surface area contributed by atoms with Gasteiger partial charge in [0.15, 0.2) is 0 Å². The highest BCUT2D eigenvalue weighted by Crippen LogP contribution is 2.33. The number of anilines is 1. The van der Waals surface area contributed by atoms with Gasteiger partial charge in [0.1, 0.15) is 5.82 Å². The van der Waals surface area contributed by atoms with Crippen molar-refractivity contribution < 1.29 is 0 Å². The zero-order valence-corrected chi connectivity index (χ0v) is 13.6. The lowest BCUT2D eigenvalue weighted by Gasteiger charge is -2.35. The van der Waals surface area contributed by atoms with Gasteiger partial charge in [-0.1, -0.05) is 44.0 Å². The molecule has 0 spiro atoms. The average Bonchev–Trinajstić information content (AvgIpc) is 2.53. The van der Waals surface area contributed by atoms with Gasteiger partial charge in [-0.15, -0.1) is 11.6 Å². The first-order valence-corrected chi connectivity index (χ1v) is 8.39. The summed E-state index contributed by atoms with van der Waals surface area (Å²) in [5.41, 5.74) is 1.11. The number of pyridine rings is 1. The molecule has 1 saturated carbocycles. The summed E-state index contributed by atoms with van der Waals surface area (Å²) in [5.74, 6) is 2.43. The molecule has 0 radical (unpaired) electrons. The second-order valence-corrected chi connectivity index (χ2v) is 6.59. The Kier molecular flexibility index (Phi) is 4.34. The molecule has 2 aromatic rings. The van der Waals surface area contributed by atoms with Crippen molar-refractivity contribution in [3.8, 4) is 0 Å². The summed E-state index contributed by atoms with van der Waals surface area (Å²) in [7, 11) is 2.19. The molecular formula is C18H23ClN2. The minimum atomic E-state index is 0.512. The minimum Gasteiger partial charge on any atom is -0.356 e. The van der Waals surface area contributed by atoms with Crippen molar-refractivity contribution in [2.45, 2.75) is 44.5 Å². The van der Waals surface area contributed by atoms with Crippen molar-refractivity contribution in [1.29, 1.82) is 0 Å². The summed E-state index contributed by atoms with van der Waals surface area (Å²) in [6.45, 7) is 2.36. The Bertz CT molecular complexity index is 626. The monoisotopic (exact) mass is 302 g/mol. The fourth-order valence-electron chi connectivity index (χ4n) is 3.55. The molecule has 3 heteroatoms. The van der Waals surface area contributed by atoms with E-state index in [-0.39, 0.29) is 0 Å². The van der Waals surface area contributed by atoms with Gasteiger partial charge in [0.2, 0.25) is 0 Å². The van der Waals surface area contributed by atoms with E-state index < -0.39 is 0 Å². The molecule has 2 unspecified atom stereocenters. The minimum absolute atomic E-state index is 0.512. The number of hydrogen-bond donors (Lipinski definition) is 0. The molecular weight excluding hydrogens is 280 g/mol. The Balaban J connectivity index is 2.00. The Morgan fingerprint density at radius 2 is 2.00 bits per heavy atom. The van der Waals surface area contributed by atoms with Crippen LogP contribution in [-0.2, 0) is 5.88 Å². The van der Waals surface area contributed by atoms with Crippen LogP contribution in [0.15, 0.2) is 30.5 Å². The van der Waals surface area contributed by atoms with Crippen LogP contribution >= 0.6 is 11.6 Å². The van der Waals surface area contributed by atoms with Crippen LogP contribution in [0, 0.1) is 5.92 Å². The number of nitrogens with zero attached hydrogens (tertiary/aromatic N) is 2. The second kappa shape index (κ2) is 6.23. The van der Waals surface area contributed by atoms with E-state index in [0.717, 1.165) is 17.3 Å². The van der Waals surface area contributed by atoms with Crippen LogP contribution in [0.1, 0.15) is 38.2 Å². The third kappa shape index (κ3) is 2.87. The van der Waals surface area contributed by atoms with Crippen LogP contribution in [0.5, 0.6) is 0 Å². The molecule has 2 atom stereocenters. The van der Waals surface area contributed by atoms with Crippen molar-refractivity contribution >= 4 is 28.2 Å². The number of hydrogen-bond acceptors (Lipinski definition) is 2. The Hall–Kier alpha value is -1.28. The topological polar surface area (TPSA) is 16.1 Å². The third-order valence-corrected chi connectivity index (χ3v) is 5.08. The van der Waals surface area contributed by atoms with Gasteiger partial charge in [0.25, 0.3) is 0 Å². The van der Waals surface area contributed by atoms with Gasteiger partial charge in [0, 0.05) is 30.6 Å². The summed E-state index contributed by atoms with van der Waals surface area (Å²) < 4.78 is 0. The van der Waals surface area contributed by atoms with Gasteiger partial charge < -0.3 is 4.90 Å². The first-order valence-electron chi connectivity index (χ1n) is 7.86. The largest absolute Gasteiger partial charge is 0.356 e. The lowest BCUT2D eigenvalue weighted by molar-refractivity contribution is 0.336. The van der Waals surface area contributed by atoms with Crippen LogP contribution < -0.4 is 4.90 Å². The van der Waals surface area contributed by atoms with E-state index in [4.69, 9.17) is 16.6 Å². The van der Waals surface area contributed by atoms with Crippen molar-refractivity contribution in [2.75, 3.05) is 11.9 Å². The van der Waals surface area contributed by atoms with Gasteiger partial charge in [-0.25, -0.2) is 4.98 Å². The highest BCUT2D eigenvalue weighted by Gasteiger charge is 2.24. The van der Waals surface area contributed by atoms with Crippen LogP contribution in [0.3, 0.4) is 0 Å². The highest BCUT2D eigenvalue weighted by molar-refractivity contribution is 6.18. The third-order valence-electron chi connectivity index (χ3n) is 4.79. The molecule has 0 amide bonds. The van der Waals surface area contributed by atoms with Gasteiger partial charge >= 0.3 is 0 Å². The summed E-state index contributed by atoms with van der Waals surface area (Å²) >= 11 is 6.05. The number of rotatable bonds is 3. The SMILES string of the molecule is CC1CCCC(N(C)c2ncc(CCl)c3ccccc23)C1. The van der Waals surface area contributed by atoms with Gasteiger partial charge in [0.05, 0.1) is 0 Å². The second-order valence-electron chi connectivity index (χ2n) is 6.32. The summed E-state index contributed by atoms with van der Waals surface area (Å²) in [6, 6.07) is 9.08. The normalized spacial score (nSPS) is 22.4. The zero-order chi connectivity index (χ0) is 14.8. The quantitative estimate of drug-likeness (QED) is 0.743. The predicted octanol–water partition coefficient (Wildman–Crippen LogP) is 4.99. The molecule has 1 aromatic carbocycles. The number of aromatic nitrogens is 1. The molecule has 1 fully saturated rings. The van der Waals surface area contributed by atoms with E-state index in [1.54, 1.807) is 0 Å². The van der Waals surface area contributed by atoms with Crippen molar-refractivity contribution in [2.24, 2.45) is 5.92 Å². The Labute approximate surface area is 132 Å². The molecule has 0 bridgehead atoms. The van der Waals surface area contributed by atoms with Crippen LogP contribution in [0.2, 0.25) is 0 Å². The van der Waals surface area contributed by atoms with E-state index in [1.165, 1.54) is 36.5 Å². The van der Waals surface area contributed by atoms with Gasteiger partial charge in [-0.2, -0.15) is 0 Å². The van der Waals surface area contributed by atoms with E-state index in [9.17, 15) is 0 Å². The maximum absolute atomic E-state index is 6.05. The lowest BCUT2D eigenvalue weighted by atomic mass is 9.86. The number of halogens is 1. The molecule has 0 saturated heterocycles. The Morgan fingerprint density at radius 1 is 1.24 bits per heavy atom.